The van der Waals surface area contributed by atoms with Crippen LogP contribution in [-0.4, -0.2) is 43.4 Å². The minimum atomic E-state index is -0.857. The number of hydroxylamine groups is 1. The first kappa shape index (κ1) is 16.4. The van der Waals surface area contributed by atoms with Gasteiger partial charge in [0.05, 0.1) is 13.7 Å². The van der Waals surface area contributed by atoms with Crippen LogP contribution in [0.2, 0.25) is 0 Å². The van der Waals surface area contributed by atoms with Crippen molar-refractivity contribution in [2.75, 3.05) is 7.11 Å². The lowest BCUT2D eigenvalue weighted by Crippen LogP contribution is -2.45. The van der Waals surface area contributed by atoms with Gasteiger partial charge in [0.1, 0.15) is 12.2 Å². The van der Waals surface area contributed by atoms with E-state index in [1.165, 1.54) is 7.11 Å². The fourth-order valence-corrected chi connectivity index (χ4v) is 2.80. The summed E-state index contributed by atoms with van der Waals surface area (Å²) >= 11 is 0. The Labute approximate surface area is 134 Å². The number of hydrogen-bond donors (Lipinski definition) is 1. The summed E-state index contributed by atoms with van der Waals surface area (Å²) in [5.41, 5.74) is 3.27. The van der Waals surface area contributed by atoms with Gasteiger partial charge in [-0.15, -0.1) is 0 Å². The molecule has 0 aliphatic carbocycles. The zero-order valence-electron chi connectivity index (χ0n) is 13.4. The van der Waals surface area contributed by atoms with E-state index in [1.54, 1.807) is 13.8 Å². The molecule has 2 heterocycles. The van der Waals surface area contributed by atoms with Crippen LogP contribution < -0.4 is 5.48 Å². The van der Waals surface area contributed by atoms with Gasteiger partial charge in [-0.2, -0.15) is 0 Å². The number of ether oxygens (including phenoxy) is 4. The summed E-state index contributed by atoms with van der Waals surface area (Å²) in [4.78, 5) is 16.8. The normalized spacial score (nSPS) is 31.8. The molecule has 7 heteroatoms. The first-order valence-corrected chi connectivity index (χ1v) is 7.49. The van der Waals surface area contributed by atoms with Gasteiger partial charge in [-0.05, 0) is 19.4 Å². The lowest BCUT2D eigenvalue weighted by molar-refractivity contribution is -0.220. The predicted octanol–water partition coefficient (Wildman–Crippen LogP) is 1.13. The highest BCUT2D eigenvalue weighted by atomic mass is 16.8. The Kier molecular flexibility index (Phi) is 4.65. The van der Waals surface area contributed by atoms with Crippen LogP contribution in [0.3, 0.4) is 0 Å². The molecule has 3 rings (SSSR count). The summed E-state index contributed by atoms with van der Waals surface area (Å²) in [7, 11) is 1.36. The van der Waals surface area contributed by atoms with Crippen LogP contribution in [0.4, 0.5) is 0 Å². The van der Waals surface area contributed by atoms with Crippen molar-refractivity contribution >= 4 is 5.91 Å². The Morgan fingerprint density at radius 2 is 2.00 bits per heavy atom. The number of rotatable bonds is 5. The number of fused-ring (bicyclic) bond motifs is 1. The number of amides is 1. The Morgan fingerprint density at radius 1 is 1.26 bits per heavy atom. The van der Waals surface area contributed by atoms with Crippen molar-refractivity contribution in [2.45, 2.75) is 50.8 Å². The Morgan fingerprint density at radius 3 is 2.70 bits per heavy atom. The van der Waals surface area contributed by atoms with Crippen molar-refractivity contribution < 1.29 is 28.6 Å². The first-order chi connectivity index (χ1) is 11.0. The molecule has 0 bridgehead atoms. The zero-order valence-corrected chi connectivity index (χ0v) is 13.4. The third kappa shape index (κ3) is 3.54. The number of nitrogens with one attached hydrogen (secondary N) is 1. The van der Waals surface area contributed by atoms with Crippen LogP contribution in [0, 0.1) is 0 Å². The molecule has 0 unspecified atom stereocenters. The lowest BCUT2D eigenvalue weighted by atomic mass is 10.1. The second kappa shape index (κ2) is 6.54. The van der Waals surface area contributed by atoms with E-state index in [0.29, 0.717) is 6.61 Å². The fraction of sp³-hybridized carbons (Fsp3) is 0.562. The molecule has 2 fully saturated rings. The van der Waals surface area contributed by atoms with Gasteiger partial charge in [0.15, 0.2) is 18.2 Å². The number of benzene rings is 1. The van der Waals surface area contributed by atoms with Crippen molar-refractivity contribution in [3.63, 3.8) is 0 Å². The molecule has 0 spiro atoms. The summed E-state index contributed by atoms with van der Waals surface area (Å²) in [5, 5.41) is 0. The molecule has 23 heavy (non-hydrogen) atoms. The summed E-state index contributed by atoms with van der Waals surface area (Å²) in [6.45, 7) is 3.94. The Hall–Kier alpha value is -1.51. The second-order valence-corrected chi connectivity index (χ2v) is 5.96. The predicted molar refractivity (Wildman–Crippen MR) is 78.9 cm³/mol. The second-order valence-electron chi connectivity index (χ2n) is 5.96. The highest BCUT2D eigenvalue weighted by molar-refractivity contribution is 5.81. The number of carbonyl (C=O) groups is 1. The molecule has 126 valence electrons. The molecule has 2 aliphatic rings. The zero-order chi connectivity index (χ0) is 16.4. The van der Waals surface area contributed by atoms with Gasteiger partial charge in [-0.1, -0.05) is 30.3 Å². The van der Waals surface area contributed by atoms with Gasteiger partial charge >= 0.3 is 0 Å². The highest BCUT2D eigenvalue weighted by Gasteiger charge is 2.57. The van der Waals surface area contributed by atoms with Crippen molar-refractivity contribution in [1.29, 1.82) is 0 Å². The molecule has 7 nitrogen and oxygen atoms in total. The third-order valence-corrected chi connectivity index (χ3v) is 3.74. The Balaban J connectivity index is 1.72. The molecular formula is C16H21NO6. The number of hydrogen-bond acceptors (Lipinski definition) is 6. The van der Waals surface area contributed by atoms with E-state index in [1.807, 2.05) is 30.3 Å². The summed E-state index contributed by atoms with van der Waals surface area (Å²) in [5.74, 6) is -1.20. The molecule has 4 atom stereocenters. The molecule has 0 saturated carbocycles. The van der Waals surface area contributed by atoms with E-state index >= 15 is 0 Å². The molecule has 1 aromatic carbocycles. The van der Waals surface area contributed by atoms with Crippen LogP contribution in [-0.2, 0) is 35.2 Å². The van der Waals surface area contributed by atoms with Crippen molar-refractivity contribution in [2.24, 2.45) is 0 Å². The topological polar surface area (TPSA) is 75.3 Å². The van der Waals surface area contributed by atoms with Crippen LogP contribution in [0.1, 0.15) is 19.4 Å². The van der Waals surface area contributed by atoms with E-state index in [2.05, 4.69) is 10.3 Å². The lowest BCUT2D eigenvalue weighted by Gasteiger charge is -2.25. The maximum atomic E-state index is 12.1. The van der Waals surface area contributed by atoms with Crippen molar-refractivity contribution in [3.8, 4) is 0 Å². The Bertz CT molecular complexity index is 549. The average Bonchev–Trinajstić information content (AvgIpc) is 2.98. The van der Waals surface area contributed by atoms with E-state index in [-0.39, 0.29) is 0 Å². The first-order valence-electron chi connectivity index (χ1n) is 7.49. The van der Waals surface area contributed by atoms with Gasteiger partial charge < -0.3 is 18.9 Å². The fourth-order valence-electron chi connectivity index (χ4n) is 2.80. The van der Waals surface area contributed by atoms with Gasteiger partial charge in [-0.3, -0.25) is 9.63 Å². The minimum absolute atomic E-state index is 0.346. The van der Waals surface area contributed by atoms with Crippen LogP contribution in [0.25, 0.3) is 0 Å². The quantitative estimate of drug-likeness (QED) is 0.819. The molecule has 1 N–H and O–H groups in total. The van der Waals surface area contributed by atoms with Crippen molar-refractivity contribution in [1.82, 2.24) is 5.48 Å². The largest absolute Gasteiger partial charge is 0.367 e. The van der Waals surface area contributed by atoms with Gasteiger partial charge in [0.25, 0.3) is 5.91 Å². The molecule has 0 aromatic heterocycles. The molecule has 1 amide bonds. The maximum absolute atomic E-state index is 12.1. The highest BCUT2D eigenvalue weighted by Crippen LogP contribution is 2.39. The smallest absolute Gasteiger partial charge is 0.275 e. The van der Waals surface area contributed by atoms with Crippen LogP contribution in [0.5, 0.6) is 0 Å². The minimum Gasteiger partial charge on any atom is -0.367 e. The SMILES string of the molecule is CONC(=O)[C@H]1O[C@@H]2OC(C)(C)O[C@@H]2[C@H]1OCc1ccccc1. The number of carbonyl (C=O) groups excluding carboxylic acids is 1. The van der Waals surface area contributed by atoms with E-state index in [4.69, 9.17) is 18.9 Å². The molecular weight excluding hydrogens is 302 g/mol. The standard InChI is InChI=1S/C16H21NO6/c1-16(2)22-13-11(20-9-10-7-5-4-6-8-10)12(14(18)17-19-3)21-15(13)23-16/h4-8,11-13,15H,9H2,1-3H3,(H,17,18)/t11-,12-,13+,15+/m0/s1. The summed E-state index contributed by atoms with van der Waals surface area (Å²) < 4.78 is 23.1. The van der Waals surface area contributed by atoms with E-state index < -0.39 is 36.3 Å². The molecule has 2 saturated heterocycles. The maximum Gasteiger partial charge on any atom is 0.275 e. The van der Waals surface area contributed by atoms with E-state index in [0.717, 1.165) is 5.56 Å². The average molecular weight is 323 g/mol. The van der Waals surface area contributed by atoms with Crippen LogP contribution in [0.15, 0.2) is 30.3 Å². The van der Waals surface area contributed by atoms with Gasteiger partial charge in [-0.25, -0.2) is 5.48 Å². The van der Waals surface area contributed by atoms with Crippen molar-refractivity contribution in [3.05, 3.63) is 35.9 Å². The molecule has 2 aliphatic heterocycles. The van der Waals surface area contributed by atoms with Crippen LogP contribution >= 0.6 is 0 Å². The van der Waals surface area contributed by atoms with Gasteiger partial charge in [0, 0.05) is 0 Å². The monoisotopic (exact) mass is 323 g/mol. The molecule has 1 aromatic rings. The van der Waals surface area contributed by atoms with Gasteiger partial charge in [0.2, 0.25) is 0 Å². The summed E-state index contributed by atoms with van der Waals surface area (Å²) in [6.07, 6.45) is -2.55. The van der Waals surface area contributed by atoms with E-state index in [9.17, 15) is 4.79 Å². The third-order valence-electron chi connectivity index (χ3n) is 3.74. The molecule has 0 radical (unpaired) electrons. The summed E-state index contributed by atoms with van der Waals surface area (Å²) in [6, 6.07) is 9.70.